The zero-order chi connectivity index (χ0) is 21.9. The van der Waals surface area contributed by atoms with Crippen LogP contribution >= 0.6 is 0 Å². The van der Waals surface area contributed by atoms with E-state index in [-0.39, 0.29) is 13.2 Å². The van der Waals surface area contributed by atoms with Gasteiger partial charge in [-0.3, -0.25) is 0 Å². The summed E-state index contributed by atoms with van der Waals surface area (Å²) in [4.78, 5) is 57.8. The van der Waals surface area contributed by atoms with Crippen molar-refractivity contribution in [3.8, 4) is 0 Å². The predicted molar refractivity (Wildman–Crippen MR) is 91.1 cm³/mol. The fourth-order valence-corrected chi connectivity index (χ4v) is 2.13. The van der Waals surface area contributed by atoms with Crippen molar-refractivity contribution >= 4 is 23.9 Å². The van der Waals surface area contributed by atoms with E-state index in [1.54, 1.807) is 0 Å². The lowest BCUT2D eigenvalue weighted by Gasteiger charge is -2.20. The monoisotopic (exact) mass is 404 g/mol. The molecule has 0 bridgehead atoms. The predicted octanol–water partition coefficient (Wildman–Crippen LogP) is -0.616. The van der Waals surface area contributed by atoms with E-state index in [0.29, 0.717) is 0 Å². The molecule has 0 saturated heterocycles. The molecule has 1 atom stereocenters. The molecule has 0 aliphatic rings. The van der Waals surface area contributed by atoms with Crippen LogP contribution in [-0.4, -0.2) is 51.3 Å². The lowest BCUT2D eigenvalue weighted by molar-refractivity contribution is -0.146. The van der Waals surface area contributed by atoms with Gasteiger partial charge in [-0.25, -0.2) is 19.2 Å². The van der Waals surface area contributed by atoms with Gasteiger partial charge in [-0.05, 0) is 13.8 Å². The molecule has 0 saturated carbocycles. The van der Waals surface area contributed by atoms with Crippen molar-refractivity contribution in [2.24, 2.45) is 17.7 Å². The summed E-state index contributed by atoms with van der Waals surface area (Å²) < 4.78 is 18.8. The van der Waals surface area contributed by atoms with Crippen LogP contribution < -0.4 is 11.8 Å². The number of rotatable bonds is 10. The van der Waals surface area contributed by atoms with Gasteiger partial charge in [0.25, 0.3) is 0 Å². The Hall–Kier alpha value is -3.12. The molecule has 0 aromatic carbocycles. The zero-order valence-corrected chi connectivity index (χ0v) is 16.2. The molecule has 0 rings (SSSR count). The van der Waals surface area contributed by atoms with Crippen molar-refractivity contribution in [1.29, 1.82) is 0 Å². The molecule has 12 heteroatoms. The van der Waals surface area contributed by atoms with Gasteiger partial charge < -0.3 is 28.6 Å². The van der Waals surface area contributed by atoms with E-state index < -0.39 is 52.5 Å². The molecule has 0 aliphatic carbocycles. The van der Waals surface area contributed by atoms with Crippen molar-refractivity contribution in [1.82, 2.24) is 0 Å². The Morgan fingerprint density at radius 1 is 0.714 bits per heavy atom. The summed E-state index contributed by atoms with van der Waals surface area (Å²) in [7, 11) is 2.02. The van der Waals surface area contributed by atoms with E-state index in [9.17, 15) is 19.2 Å². The Labute approximate surface area is 161 Å². The van der Waals surface area contributed by atoms with Gasteiger partial charge in [0.2, 0.25) is 11.5 Å². The molecular formula is C16H24N2O10. The molecule has 158 valence electrons. The minimum atomic E-state index is -1.37. The van der Waals surface area contributed by atoms with Crippen LogP contribution in [-0.2, 0) is 47.8 Å². The summed E-state index contributed by atoms with van der Waals surface area (Å²) in [6.07, 6.45) is 0. The van der Waals surface area contributed by atoms with Gasteiger partial charge in [0.15, 0.2) is 0 Å². The summed E-state index contributed by atoms with van der Waals surface area (Å²) in [5.41, 5.74) is -1.07. The van der Waals surface area contributed by atoms with E-state index in [1.807, 2.05) is 0 Å². The van der Waals surface area contributed by atoms with Gasteiger partial charge >= 0.3 is 23.9 Å². The smallest absolute Gasteiger partial charge is 0.376 e. The third-order valence-corrected chi connectivity index (χ3v) is 3.32. The standard InChI is InChI=1S/C16H24N2O10/c1-6-25-14(20)10(12(28-18)16(22)26-7-2)8(3)9(13(19)23-4)11(27-17)15(21)24-5/h8H,6-7,17-18H2,1-5H3. The van der Waals surface area contributed by atoms with Crippen molar-refractivity contribution in [2.45, 2.75) is 20.8 Å². The van der Waals surface area contributed by atoms with Crippen LogP contribution in [0.5, 0.6) is 0 Å². The van der Waals surface area contributed by atoms with Crippen LogP contribution in [0.4, 0.5) is 0 Å². The minimum absolute atomic E-state index is 0.0603. The summed E-state index contributed by atoms with van der Waals surface area (Å²) in [6.45, 7) is 4.14. The third-order valence-electron chi connectivity index (χ3n) is 3.32. The first-order valence-corrected chi connectivity index (χ1v) is 7.98. The van der Waals surface area contributed by atoms with Crippen molar-refractivity contribution < 1.29 is 47.8 Å². The summed E-state index contributed by atoms with van der Waals surface area (Å²) >= 11 is 0. The maximum atomic E-state index is 12.5. The molecule has 12 nitrogen and oxygen atoms in total. The number of hydrogen-bond donors (Lipinski definition) is 2. The molecule has 0 fully saturated rings. The number of ether oxygens (including phenoxy) is 4. The van der Waals surface area contributed by atoms with E-state index >= 15 is 0 Å². The Kier molecular flexibility index (Phi) is 10.9. The lowest BCUT2D eigenvalue weighted by Crippen LogP contribution is -2.29. The normalized spacial score (nSPS) is 13.2. The Balaban J connectivity index is 6.85. The molecule has 0 heterocycles. The molecule has 0 aromatic rings. The highest BCUT2D eigenvalue weighted by molar-refractivity contribution is 6.04. The molecule has 0 aromatic heterocycles. The van der Waals surface area contributed by atoms with E-state index in [4.69, 9.17) is 21.3 Å². The number of methoxy groups -OCH3 is 2. The van der Waals surface area contributed by atoms with Gasteiger partial charge in [-0.1, -0.05) is 6.92 Å². The van der Waals surface area contributed by atoms with Crippen LogP contribution in [0.2, 0.25) is 0 Å². The highest BCUT2D eigenvalue weighted by Gasteiger charge is 2.38. The van der Waals surface area contributed by atoms with Gasteiger partial charge in [0, 0.05) is 5.92 Å². The maximum absolute atomic E-state index is 12.5. The Bertz CT molecular complexity index is 668. The van der Waals surface area contributed by atoms with Crippen LogP contribution in [0, 0.1) is 5.92 Å². The average Bonchev–Trinajstić information content (AvgIpc) is 2.68. The molecule has 0 spiro atoms. The second-order valence-corrected chi connectivity index (χ2v) is 4.87. The molecule has 1 unspecified atom stereocenters. The van der Waals surface area contributed by atoms with Crippen LogP contribution in [0.1, 0.15) is 20.8 Å². The largest absolute Gasteiger partial charge is 0.466 e. The highest BCUT2D eigenvalue weighted by Crippen LogP contribution is 2.29. The van der Waals surface area contributed by atoms with E-state index in [0.717, 1.165) is 14.2 Å². The van der Waals surface area contributed by atoms with Gasteiger partial charge in [-0.15, -0.1) is 0 Å². The molecular weight excluding hydrogens is 380 g/mol. The minimum Gasteiger partial charge on any atom is -0.466 e. The lowest BCUT2D eigenvalue weighted by atomic mass is 9.90. The SMILES string of the molecule is CCOC(=O)C(ON)=C(C(=O)OCC)C(C)C(C(=O)OC)=C(ON)C(=O)OC. The van der Waals surface area contributed by atoms with E-state index in [1.165, 1.54) is 20.8 Å². The maximum Gasteiger partial charge on any atom is 0.376 e. The number of hydrogen-bond acceptors (Lipinski definition) is 12. The molecule has 0 amide bonds. The number of carbonyl (C=O) groups excluding carboxylic acids is 4. The molecule has 28 heavy (non-hydrogen) atoms. The topological polar surface area (TPSA) is 176 Å². The third kappa shape index (κ3) is 5.96. The summed E-state index contributed by atoms with van der Waals surface area (Å²) in [6, 6.07) is 0. The second-order valence-electron chi connectivity index (χ2n) is 4.87. The average molecular weight is 404 g/mol. The Morgan fingerprint density at radius 3 is 1.50 bits per heavy atom. The molecule has 0 radical (unpaired) electrons. The quantitative estimate of drug-likeness (QED) is 0.155. The van der Waals surface area contributed by atoms with Crippen LogP contribution in [0.3, 0.4) is 0 Å². The first-order valence-electron chi connectivity index (χ1n) is 7.98. The fourth-order valence-electron chi connectivity index (χ4n) is 2.13. The Morgan fingerprint density at radius 2 is 1.11 bits per heavy atom. The molecule has 4 N–H and O–H groups in total. The zero-order valence-electron chi connectivity index (χ0n) is 16.2. The van der Waals surface area contributed by atoms with E-state index in [2.05, 4.69) is 19.1 Å². The van der Waals surface area contributed by atoms with Crippen molar-refractivity contribution in [2.75, 3.05) is 27.4 Å². The van der Waals surface area contributed by atoms with Crippen LogP contribution in [0.25, 0.3) is 0 Å². The van der Waals surface area contributed by atoms with Gasteiger partial charge in [0.1, 0.15) is 0 Å². The number of nitrogens with two attached hydrogens (primary N) is 2. The van der Waals surface area contributed by atoms with Gasteiger partial charge in [0.05, 0.1) is 38.6 Å². The number of carbonyl (C=O) groups is 4. The second kappa shape index (κ2) is 12.3. The number of esters is 4. The first kappa shape index (κ1) is 24.9. The highest BCUT2D eigenvalue weighted by atomic mass is 16.7. The first-order chi connectivity index (χ1) is 13.2. The summed E-state index contributed by atoms with van der Waals surface area (Å²) in [5, 5.41) is 0. The van der Waals surface area contributed by atoms with Crippen molar-refractivity contribution in [3.05, 3.63) is 22.7 Å². The van der Waals surface area contributed by atoms with Crippen molar-refractivity contribution in [3.63, 3.8) is 0 Å². The molecule has 0 aliphatic heterocycles. The van der Waals surface area contributed by atoms with Crippen LogP contribution in [0.15, 0.2) is 22.7 Å². The summed E-state index contributed by atoms with van der Waals surface area (Å²) in [5.74, 6) is 2.95. The van der Waals surface area contributed by atoms with Gasteiger partial charge in [-0.2, -0.15) is 11.8 Å². The fraction of sp³-hybridized carbons (Fsp3) is 0.500.